The van der Waals surface area contributed by atoms with E-state index in [1.807, 2.05) is 6.07 Å². The zero-order valence-corrected chi connectivity index (χ0v) is 16.7. The van der Waals surface area contributed by atoms with Crippen LogP contribution in [0.25, 0.3) is 0 Å². The molecule has 0 saturated carbocycles. The van der Waals surface area contributed by atoms with Crippen molar-refractivity contribution < 1.29 is 4.79 Å². The van der Waals surface area contributed by atoms with Gasteiger partial charge in [0.1, 0.15) is 5.01 Å². The number of piperazine rings is 1. The fraction of sp³-hybridized carbons (Fsp3) is 0.526. The maximum Gasteiger partial charge on any atom is 0.240 e. The molecule has 2 heterocycles. The molecule has 1 saturated heterocycles. The topological polar surface area (TPSA) is 61.4 Å². The van der Waals surface area contributed by atoms with Crippen LogP contribution in [-0.2, 0) is 10.2 Å². The van der Waals surface area contributed by atoms with Crippen LogP contribution >= 0.6 is 11.3 Å². The summed E-state index contributed by atoms with van der Waals surface area (Å²) in [4.78, 5) is 17.1. The lowest BCUT2D eigenvalue weighted by atomic mass is 9.98. The molecule has 2 aromatic rings. The molecule has 1 N–H and O–H groups in total. The number of hydrogen-bond acceptors (Lipinski definition) is 6. The van der Waals surface area contributed by atoms with Crippen molar-refractivity contribution in [2.24, 2.45) is 0 Å². The van der Waals surface area contributed by atoms with E-state index in [1.54, 1.807) is 0 Å². The zero-order valence-electron chi connectivity index (χ0n) is 15.9. The Kier molecular flexibility index (Phi) is 5.70. The Labute approximate surface area is 159 Å². The molecule has 140 valence electrons. The van der Waals surface area contributed by atoms with Crippen LogP contribution in [0, 0.1) is 0 Å². The van der Waals surface area contributed by atoms with Gasteiger partial charge in [0.2, 0.25) is 11.0 Å². The van der Waals surface area contributed by atoms with E-state index in [0.717, 1.165) is 24.6 Å². The second-order valence-corrected chi connectivity index (χ2v) is 8.85. The first-order valence-corrected chi connectivity index (χ1v) is 9.76. The summed E-state index contributed by atoms with van der Waals surface area (Å²) in [7, 11) is 2.13. The third kappa shape index (κ3) is 4.66. The Balaban J connectivity index is 1.66. The molecule has 3 rings (SSSR count). The van der Waals surface area contributed by atoms with Crippen molar-refractivity contribution in [3.63, 3.8) is 0 Å². The van der Waals surface area contributed by atoms with Gasteiger partial charge >= 0.3 is 0 Å². The fourth-order valence-electron chi connectivity index (χ4n) is 3.06. The van der Waals surface area contributed by atoms with E-state index in [9.17, 15) is 4.79 Å². The van der Waals surface area contributed by atoms with Gasteiger partial charge in [-0.1, -0.05) is 62.4 Å². The molecule has 0 aliphatic carbocycles. The van der Waals surface area contributed by atoms with Gasteiger partial charge in [-0.3, -0.25) is 15.0 Å². The fourth-order valence-corrected chi connectivity index (χ4v) is 3.88. The van der Waals surface area contributed by atoms with Crippen molar-refractivity contribution in [2.75, 3.05) is 38.5 Å². The Morgan fingerprint density at radius 2 is 1.96 bits per heavy atom. The number of benzene rings is 1. The normalized spacial score (nSPS) is 19.5. The van der Waals surface area contributed by atoms with Crippen molar-refractivity contribution >= 4 is 22.4 Å². The summed E-state index contributed by atoms with van der Waals surface area (Å²) >= 11 is 1.45. The molecule has 26 heavy (non-hydrogen) atoms. The van der Waals surface area contributed by atoms with E-state index < -0.39 is 0 Å². The smallest absolute Gasteiger partial charge is 0.240 e. The van der Waals surface area contributed by atoms with Crippen molar-refractivity contribution in [3.8, 4) is 0 Å². The number of nitrogens with one attached hydrogen (secondary N) is 1. The van der Waals surface area contributed by atoms with Gasteiger partial charge < -0.3 is 4.90 Å². The molecule has 0 bridgehead atoms. The van der Waals surface area contributed by atoms with Gasteiger partial charge in [-0.25, -0.2) is 0 Å². The molecule has 1 aromatic heterocycles. The van der Waals surface area contributed by atoms with Crippen LogP contribution in [0.5, 0.6) is 0 Å². The second-order valence-electron chi connectivity index (χ2n) is 7.87. The van der Waals surface area contributed by atoms with E-state index in [4.69, 9.17) is 0 Å². The molecule has 1 fully saturated rings. The number of aromatic nitrogens is 2. The molecular formula is C19H27N5OS. The van der Waals surface area contributed by atoms with Crippen LogP contribution in [0.2, 0.25) is 0 Å². The highest BCUT2D eigenvalue weighted by molar-refractivity contribution is 7.15. The molecule has 6 nitrogen and oxygen atoms in total. The Bertz CT molecular complexity index is 740. The summed E-state index contributed by atoms with van der Waals surface area (Å²) in [5.74, 6) is -0.0351. The number of rotatable bonds is 4. The van der Waals surface area contributed by atoms with Gasteiger partial charge in [0.05, 0.1) is 6.54 Å². The predicted octanol–water partition coefficient (Wildman–Crippen LogP) is 2.76. The van der Waals surface area contributed by atoms with Crippen LogP contribution in [-0.4, -0.2) is 59.1 Å². The molecular weight excluding hydrogens is 346 g/mol. The van der Waals surface area contributed by atoms with Crippen molar-refractivity contribution in [3.05, 3.63) is 40.9 Å². The number of hydrogen-bond donors (Lipinski definition) is 1. The summed E-state index contributed by atoms with van der Waals surface area (Å²) in [6, 6.07) is 10.6. The predicted molar refractivity (Wildman–Crippen MR) is 105 cm³/mol. The highest BCUT2D eigenvalue weighted by Gasteiger charge is 2.28. The molecule has 0 radical (unpaired) electrons. The molecule has 1 aromatic carbocycles. The van der Waals surface area contributed by atoms with Crippen molar-refractivity contribution in [1.82, 2.24) is 20.0 Å². The van der Waals surface area contributed by atoms with Crippen molar-refractivity contribution in [2.45, 2.75) is 32.2 Å². The SMILES string of the molecule is CN1CCN(CC(=O)Nc2nnc(C(C)(C)C)s2)C(c2ccccc2)C1. The second kappa shape index (κ2) is 7.82. The largest absolute Gasteiger partial charge is 0.303 e. The lowest BCUT2D eigenvalue weighted by Crippen LogP contribution is -2.49. The number of carbonyl (C=O) groups is 1. The molecule has 1 aliphatic rings. The maximum absolute atomic E-state index is 12.6. The summed E-state index contributed by atoms with van der Waals surface area (Å²) < 4.78 is 0. The molecule has 1 aliphatic heterocycles. The maximum atomic E-state index is 12.6. The monoisotopic (exact) mass is 373 g/mol. The third-order valence-corrected chi connectivity index (χ3v) is 5.80. The highest BCUT2D eigenvalue weighted by Crippen LogP contribution is 2.28. The van der Waals surface area contributed by atoms with Gasteiger partial charge in [0.15, 0.2) is 0 Å². The average molecular weight is 374 g/mol. The highest BCUT2D eigenvalue weighted by atomic mass is 32.1. The quantitative estimate of drug-likeness (QED) is 0.893. The summed E-state index contributed by atoms with van der Waals surface area (Å²) in [6.07, 6.45) is 0. The first-order valence-electron chi connectivity index (χ1n) is 8.94. The van der Waals surface area contributed by atoms with Gasteiger partial charge in [-0.05, 0) is 12.6 Å². The van der Waals surface area contributed by atoms with E-state index >= 15 is 0 Å². The van der Waals surface area contributed by atoms with Crippen LogP contribution in [0.3, 0.4) is 0 Å². The van der Waals surface area contributed by atoms with E-state index in [1.165, 1.54) is 16.9 Å². The molecule has 7 heteroatoms. The summed E-state index contributed by atoms with van der Waals surface area (Å²) in [6.45, 7) is 9.38. The van der Waals surface area contributed by atoms with E-state index in [0.29, 0.717) is 11.7 Å². The minimum absolute atomic E-state index is 0.0351. The third-order valence-electron chi connectivity index (χ3n) is 4.54. The van der Waals surface area contributed by atoms with Crippen LogP contribution in [0.4, 0.5) is 5.13 Å². The van der Waals surface area contributed by atoms with E-state index in [2.05, 4.69) is 77.4 Å². The number of anilines is 1. The number of nitrogens with zero attached hydrogens (tertiary/aromatic N) is 4. The minimum atomic E-state index is -0.0590. The molecule has 1 atom stereocenters. The number of carbonyl (C=O) groups excluding carboxylic acids is 1. The molecule has 0 spiro atoms. The van der Waals surface area contributed by atoms with Gasteiger partial charge in [0.25, 0.3) is 0 Å². The lowest BCUT2D eigenvalue weighted by molar-refractivity contribution is -0.118. The van der Waals surface area contributed by atoms with Gasteiger partial charge in [-0.2, -0.15) is 0 Å². The Morgan fingerprint density at radius 1 is 1.23 bits per heavy atom. The van der Waals surface area contributed by atoms with Crippen molar-refractivity contribution in [1.29, 1.82) is 0 Å². The molecule has 1 amide bonds. The standard InChI is InChI=1S/C19H27N5OS/c1-19(2,3)17-21-22-18(26-17)20-16(25)13-24-11-10-23(4)12-15(24)14-8-6-5-7-9-14/h5-9,15H,10-13H2,1-4H3,(H,20,22,25). The number of likely N-dealkylation sites (N-methyl/N-ethyl adjacent to an activating group) is 1. The summed E-state index contributed by atoms with van der Waals surface area (Å²) in [5, 5.41) is 12.7. The number of amides is 1. The Hall–Kier alpha value is -1.83. The summed E-state index contributed by atoms with van der Waals surface area (Å²) in [5.41, 5.74) is 1.19. The zero-order chi connectivity index (χ0) is 18.7. The van der Waals surface area contributed by atoms with Crippen LogP contribution < -0.4 is 5.32 Å². The van der Waals surface area contributed by atoms with E-state index in [-0.39, 0.29) is 17.4 Å². The lowest BCUT2D eigenvalue weighted by Gasteiger charge is -2.39. The average Bonchev–Trinajstić information content (AvgIpc) is 3.06. The van der Waals surface area contributed by atoms with Crippen LogP contribution in [0.1, 0.15) is 37.4 Å². The van der Waals surface area contributed by atoms with Gasteiger partial charge in [0, 0.05) is 31.1 Å². The van der Waals surface area contributed by atoms with Gasteiger partial charge in [-0.15, -0.1) is 10.2 Å². The molecule has 1 unspecified atom stereocenters. The first-order chi connectivity index (χ1) is 12.3. The first kappa shape index (κ1) is 18.9. The minimum Gasteiger partial charge on any atom is -0.303 e. The van der Waals surface area contributed by atoms with Crippen LogP contribution in [0.15, 0.2) is 30.3 Å². The Morgan fingerprint density at radius 3 is 2.62 bits per heavy atom.